The van der Waals surface area contributed by atoms with Crippen LogP contribution in [0.2, 0.25) is 0 Å². The van der Waals surface area contributed by atoms with Crippen molar-refractivity contribution in [2.45, 2.75) is 0 Å². The van der Waals surface area contributed by atoms with E-state index in [9.17, 15) is 19.7 Å². The first-order chi connectivity index (χ1) is 8.49. The van der Waals surface area contributed by atoms with E-state index in [2.05, 4.69) is 10.1 Å². The van der Waals surface area contributed by atoms with Crippen LogP contribution in [0.5, 0.6) is 0 Å². The molecule has 7 nitrogen and oxygen atoms in total. The molecule has 1 aromatic carbocycles. The Morgan fingerprint density at radius 3 is 2.67 bits per heavy atom. The number of nitro benzene ring substituents is 1. The number of methoxy groups -OCH3 is 1. The van der Waals surface area contributed by atoms with E-state index >= 15 is 0 Å². The summed E-state index contributed by atoms with van der Waals surface area (Å²) < 4.78 is 4.44. The van der Waals surface area contributed by atoms with Crippen LogP contribution >= 0.6 is 11.6 Å². The minimum Gasteiger partial charge on any atom is -0.465 e. The minimum absolute atomic E-state index is 0.0214. The van der Waals surface area contributed by atoms with Crippen LogP contribution in [0.15, 0.2) is 18.2 Å². The number of carbonyl (C=O) groups excluding carboxylic acids is 2. The number of carbonyl (C=O) groups is 2. The van der Waals surface area contributed by atoms with Crippen molar-refractivity contribution in [3.8, 4) is 0 Å². The minimum atomic E-state index is -0.712. The molecule has 0 unspecified atom stereocenters. The zero-order chi connectivity index (χ0) is 13.7. The Labute approximate surface area is 107 Å². The molecule has 1 amide bonds. The lowest BCUT2D eigenvalue weighted by molar-refractivity contribution is -0.384. The second-order valence-electron chi connectivity index (χ2n) is 3.16. The van der Waals surface area contributed by atoms with E-state index in [4.69, 9.17) is 11.6 Å². The Morgan fingerprint density at radius 2 is 2.17 bits per heavy atom. The summed E-state index contributed by atoms with van der Waals surface area (Å²) in [6.07, 6.45) is 0. The van der Waals surface area contributed by atoms with Gasteiger partial charge in [-0.15, -0.1) is 11.6 Å². The van der Waals surface area contributed by atoms with Gasteiger partial charge < -0.3 is 10.1 Å². The molecule has 0 aromatic heterocycles. The van der Waals surface area contributed by atoms with Crippen LogP contribution in [-0.2, 0) is 9.53 Å². The quantitative estimate of drug-likeness (QED) is 0.388. The maximum absolute atomic E-state index is 11.2. The number of nitrogens with zero attached hydrogens (tertiary/aromatic N) is 1. The number of anilines is 1. The van der Waals surface area contributed by atoms with E-state index in [-0.39, 0.29) is 17.1 Å². The molecule has 8 heteroatoms. The number of hydrogen-bond acceptors (Lipinski definition) is 5. The number of esters is 1. The van der Waals surface area contributed by atoms with Crippen LogP contribution in [0.1, 0.15) is 10.4 Å². The van der Waals surface area contributed by atoms with Crippen molar-refractivity contribution in [1.82, 2.24) is 0 Å². The summed E-state index contributed by atoms with van der Waals surface area (Å²) in [5.41, 5.74) is -0.414. The summed E-state index contributed by atoms with van der Waals surface area (Å²) in [6, 6.07) is 3.58. The van der Waals surface area contributed by atoms with E-state index in [0.717, 1.165) is 13.2 Å². The number of nitrogens with one attached hydrogen (secondary N) is 1. The summed E-state index contributed by atoms with van der Waals surface area (Å²) in [5.74, 6) is -1.60. The highest BCUT2D eigenvalue weighted by Crippen LogP contribution is 2.25. The molecule has 1 aromatic rings. The van der Waals surface area contributed by atoms with E-state index in [1.54, 1.807) is 0 Å². The number of alkyl halides is 1. The zero-order valence-electron chi connectivity index (χ0n) is 9.31. The van der Waals surface area contributed by atoms with Gasteiger partial charge in [0, 0.05) is 6.07 Å². The molecular formula is C10H9ClN2O5. The molecule has 0 heterocycles. The molecule has 0 aliphatic heterocycles. The van der Waals surface area contributed by atoms with Gasteiger partial charge in [0.15, 0.2) is 0 Å². The van der Waals surface area contributed by atoms with E-state index in [1.807, 2.05) is 0 Å². The lowest BCUT2D eigenvalue weighted by Crippen LogP contribution is -2.14. The Bertz CT molecular complexity index is 503. The van der Waals surface area contributed by atoms with Crippen molar-refractivity contribution >= 4 is 34.9 Å². The summed E-state index contributed by atoms with van der Waals surface area (Å²) in [7, 11) is 1.16. The fourth-order valence-electron chi connectivity index (χ4n) is 1.22. The van der Waals surface area contributed by atoms with Gasteiger partial charge in [-0.25, -0.2) is 4.79 Å². The Hall–Kier alpha value is -2.15. The van der Waals surface area contributed by atoms with Crippen molar-refractivity contribution in [3.63, 3.8) is 0 Å². The number of nitro groups is 1. The highest BCUT2D eigenvalue weighted by atomic mass is 35.5. The van der Waals surface area contributed by atoms with Crippen LogP contribution in [0, 0.1) is 10.1 Å². The number of hydrogen-bond donors (Lipinski definition) is 1. The van der Waals surface area contributed by atoms with Gasteiger partial charge in [0.1, 0.15) is 11.6 Å². The van der Waals surface area contributed by atoms with Gasteiger partial charge >= 0.3 is 5.97 Å². The molecule has 1 rings (SSSR count). The third-order valence-electron chi connectivity index (χ3n) is 2.01. The fourth-order valence-corrected chi connectivity index (χ4v) is 1.28. The maximum atomic E-state index is 11.2. The lowest BCUT2D eigenvalue weighted by atomic mass is 10.1. The van der Waals surface area contributed by atoms with E-state index < -0.39 is 22.5 Å². The SMILES string of the molecule is COC(=O)c1ccc(NC(=O)CCl)c([N+](=O)[O-])c1. The van der Waals surface area contributed by atoms with Crippen molar-refractivity contribution in [2.24, 2.45) is 0 Å². The van der Waals surface area contributed by atoms with Crippen molar-refractivity contribution in [3.05, 3.63) is 33.9 Å². The van der Waals surface area contributed by atoms with Gasteiger partial charge in [-0.05, 0) is 12.1 Å². The monoisotopic (exact) mass is 272 g/mol. The van der Waals surface area contributed by atoms with E-state index in [1.165, 1.54) is 12.1 Å². The van der Waals surface area contributed by atoms with Gasteiger partial charge in [-0.2, -0.15) is 0 Å². The molecule has 96 valence electrons. The molecule has 18 heavy (non-hydrogen) atoms. The fraction of sp³-hybridized carbons (Fsp3) is 0.200. The maximum Gasteiger partial charge on any atom is 0.338 e. The van der Waals surface area contributed by atoms with Crippen LogP contribution in [0.3, 0.4) is 0 Å². The smallest absolute Gasteiger partial charge is 0.338 e. The average Bonchev–Trinajstić information content (AvgIpc) is 2.37. The second kappa shape index (κ2) is 5.97. The topological polar surface area (TPSA) is 98.5 Å². The Kier molecular flexibility index (Phi) is 4.61. The highest BCUT2D eigenvalue weighted by Gasteiger charge is 2.19. The molecule has 0 saturated carbocycles. The molecule has 0 aliphatic rings. The average molecular weight is 273 g/mol. The summed E-state index contributed by atoms with van der Waals surface area (Å²) in [6.45, 7) is 0. The third kappa shape index (κ3) is 3.17. The van der Waals surface area contributed by atoms with E-state index in [0.29, 0.717) is 0 Å². The van der Waals surface area contributed by atoms with Gasteiger partial charge in [-0.1, -0.05) is 0 Å². The van der Waals surface area contributed by atoms with Gasteiger partial charge in [-0.3, -0.25) is 14.9 Å². The van der Waals surface area contributed by atoms with Gasteiger partial charge in [0.2, 0.25) is 5.91 Å². The molecule has 0 saturated heterocycles. The molecule has 0 aliphatic carbocycles. The number of benzene rings is 1. The molecular weight excluding hydrogens is 264 g/mol. The third-order valence-corrected chi connectivity index (χ3v) is 2.25. The summed E-state index contributed by atoms with van der Waals surface area (Å²) >= 11 is 5.28. The van der Waals surface area contributed by atoms with Crippen molar-refractivity contribution in [1.29, 1.82) is 0 Å². The van der Waals surface area contributed by atoms with Gasteiger partial charge in [0.05, 0.1) is 17.6 Å². The predicted molar refractivity (Wildman–Crippen MR) is 63.8 cm³/mol. The molecule has 0 atom stereocenters. The van der Waals surface area contributed by atoms with Crippen LogP contribution < -0.4 is 5.32 Å². The van der Waals surface area contributed by atoms with Crippen LogP contribution in [-0.4, -0.2) is 29.8 Å². The predicted octanol–water partition coefficient (Wildman–Crippen LogP) is 1.56. The Balaban J connectivity index is 3.16. The molecule has 0 fully saturated rings. The first-order valence-corrected chi connectivity index (χ1v) is 5.25. The summed E-state index contributed by atoms with van der Waals surface area (Å²) in [5, 5.41) is 13.1. The molecule has 0 spiro atoms. The number of amides is 1. The second-order valence-corrected chi connectivity index (χ2v) is 3.43. The van der Waals surface area contributed by atoms with Crippen molar-refractivity contribution < 1.29 is 19.2 Å². The lowest BCUT2D eigenvalue weighted by Gasteiger charge is -2.05. The number of halogens is 1. The highest BCUT2D eigenvalue weighted by molar-refractivity contribution is 6.29. The molecule has 1 N–H and O–H groups in total. The standard InChI is InChI=1S/C10H9ClN2O5/c1-18-10(15)6-2-3-7(12-9(14)5-11)8(4-6)13(16)17/h2-4H,5H2,1H3,(H,12,14). The van der Waals surface area contributed by atoms with Crippen LogP contribution in [0.25, 0.3) is 0 Å². The largest absolute Gasteiger partial charge is 0.465 e. The van der Waals surface area contributed by atoms with Crippen LogP contribution in [0.4, 0.5) is 11.4 Å². The summed E-state index contributed by atoms with van der Waals surface area (Å²) in [4.78, 5) is 32.4. The number of ether oxygens (including phenoxy) is 1. The Morgan fingerprint density at radius 1 is 1.50 bits per heavy atom. The first-order valence-electron chi connectivity index (χ1n) is 4.72. The number of rotatable bonds is 4. The normalized spacial score (nSPS) is 9.67. The molecule has 0 radical (unpaired) electrons. The first kappa shape index (κ1) is 13.9. The van der Waals surface area contributed by atoms with Crippen molar-refractivity contribution in [2.75, 3.05) is 18.3 Å². The zero-order valence-corrected chi connectivity index (χ0v) is 10.1. The van der Waals surface area contributed by atoms with Gasteiger partial charge in [0.25, 0.3) is 5.69 Å². The molecule has 0 bridgehead atoms.